The Kier molecular flexibility index (Phi) is 6.48. The Hall–Kier alpha value is -2.37. The molecular formula is C21H24ClN3O2. The standard InChI is InChI=1S/C21H24ClN3O2/c1-15(26)23-18-6-8-19(9-7-18)24-21(27)16-10-12-25(13-11-16)14-17-4-2-3-5-20(17)22/h2-9,16H,10-14H2,1H3,(H,23,26)(H,24,27). The van der Waals surface area contributed by atoms with Crippen LogP contribution in [0.25, 0.3) is 0 Å². The Morgan fingerprint density at radius 2 is 1.59 bits per heavy atom. The van der Waals surface area contributed by atoms with Crippen molar-refractivity contribution < 1.29 is 9.59 Å². The van der Waals surface area contributed by atoms with E-state index in [1.807, 2.05) is 24.3 Å². The zero-order valence-electron chi connectivity index (χ0n) is 15.4. The molecule has 6 heteroatoms. The number of likely N-dealkylation sites (tertiary alicyclic amines) is 1. The topological polar surface area (TPSA) is 61.4 Å². The monoisotopic (exact) mass is 385 g/mol. The Morgan fingerprint density at radius 1 is 1.00 bits per heavy atom. The normalized spacial score (nSPS) is 15.3. The third-order valence-electron chi connectivity index (χ3n) is 4.78. The van der Waals surface area contributed by atoms with E-state index in [2.05, 4.69) is 15.5 Å². The fourth-order valence-corrected chi connectivity index (χ4v) is 3.50. The summed E-state index contributed by atoms with van der Waals surface area (Å²) in [6.45, 7) is 4.04. The first-order valence-electron chi connectivity index (χ1n) is 9.15. The molecule has 142 valence electrons. The highest BCUT2D eigenvalue weighted by atomic mass is 35.5. The number of carbonyl (C=O) groups excluding carboxylic acids is 2. The average Bonchev–Trinajstić information content (AvgIpc) is 2.65. The van der Waals surface area contributed by atoms with Crippen LogP contribution in [0.4, 0.5) is 11.4 Å². The number of anilines is 2. The molecule has 0 unspecified atom stereocenters. The molecule has 1 aliphatic heterocycles. The van der Waals surface area contributed by atoms with Gasteiger partial charge in [-0.1, -0.05) is 29.8 Å². The van der Waals surface area contributed by atoms with Gasteiger partial charge in [0.15, 0.2) is 0 Å². The molecule has 3 rings (SSSR count). The minimum atomic E-state index is -0.115. The molecule has 0 spiro atoms. The summed E-state index contributed by atoms with van der Waals surface area (Å²) in [5, 5.41) is 6.48. The van der Waals surface area contributed by atoms with Gasteiger partial charge in [-0.2, -0.15) is 0 Å². The number of benzene rings is 2. The van der Waals surface area contributed by atoms with Gasteiger partial charge in [-0.25, -0.2) is 0 Å². The molecule has 5 nitrogen and oxygen atoms in total. The Bertz CT molecular complexity index is 799. The molecule has 0 radical (unpaired) electrons. The van der Waals surface area contributed by atoms with E-state index < -0.39 is 0 Å². The second kappa shape index (κ2) is 9.02. The highest BCUT2D eigenvalue weighted by Gasteiger charge is 2.25. The van der Waals surface area contributed by atoms with Gasteiger partial charge in [0.25, 0.3) is 0 Å². The van der Waals surface area contributed by atoms with Crippen LogP contribution >= 0.6 is 11.6 Å². The summed E-state index contributed by atoms with van der Waals surface area (Å²) < 4.78 is 0. The molecule has 0 aromatic heterocycles. The van der Waals surface area contributed by atoms with Gasteiger partial charge in [0.2, 0.25) is 11.8 Å². The number of nitrogens with zero attached hydrogens (tertiary/aromatic N) is 1. The van der Waals surface area contributed by atoms with Crippen molar-refractivity contribution in [2.45, 2.75) is 26.3 Å². The predicted molar refractivity (Wildman–Crippen MR) is 109 cm³/mol. The largest absolute Gasteiger partial charge is 0.326 e. The maximum Gasteiger partial charge on any atom is 0.227 e. The maximum atomic E-state index is 12.5. The molecule has 1 aliphatic rings. The first-order chi connectivity index (χ1) is 13.0. The Labute approximate surface area is 164 Å². The molecule has 2 aromatic carbocycles. The summed E-state index contributed by atoms with van der Waals surface area (Å²) in [5.41, 5.74) is 2.59. The number of halogens is 1. The second-order valence-corrected chi connectivity index (χ2v) is 7.30. The van der Waals surface area contributed by atoms with E-state index in [1.54, 1.807) is 24.3 Å². The SMILES string of the molecule is CC(=O)Nc1ccc(NC(=O)C2CCN(Cc3ccccc3Cl)CC2)cc1. The predicted octanol–water partition coefficient (Wildman–Crippen LogP) is 4.15. The van der Waals surface area contributed by atoms with Gasteiger partial charge in [0.05, 0.1) is 0 Å². The number of piperidine rings is 1. The lowest BCUT2D eigenvalue weighted by atomic mass is 9.95. The number of carbonyl (C=O) groups is 2. The lowest BCUT2D eigenvalue weighted by molar-refractivity contribution is -0.121. The molecule has 1 fully saturated rings. The van der Waals surface area contributed by atoms with Crippen molar-refractivity contribution in [1.82, 2.24) is 4.90 Å². The van der Waals surface area contributed by atoms with Crippen LogP contribution in [0.5, 0.6) is 0 Å². The molecule has 0 bridgehead atoms. The van der Waals surface area contributed by atoms with E-state index >= 15 is 0 Å². The minimum absolute atomic E-state index is 0.0162. The average molecular weight is 386 g/mol. The highest BCUT2D eigenvalue weighted by Crippen LogP contribution is 2.23. The molecule has 0 saturated carbocycles. The summed E-state index contributed by atoms with van der Waals surface area (Å²) in [6.07, 6.45) is 1.67. The zero-order valence-corrected chi connectivity index (χ0v) is 16.1. The molecule has 2 amide bonds. The van der Waals surface area contributed by atoms with E-state index in [0.717, 1.165) is 48.7 Å². The quantitative estimate of drug-likeness (QED) is 0.812. The Balaban J connectivity index is 1.48. The van der Waals surface area contributed by atoms with Crippen molar-refractivity contribution in [2.75, 3.05) is 23.7 Å². The van der Waals surface area contributed by atoms with Gasteiger partial charge in [0, 0.05) is 35.8 Å². The molecule has 0 aliphatic carbocycles. The third-order valence-corrected chi connectivity index (χ3v) is 5.15. The van der Waals surface area contributed by atoms with Gasteiger partial charge in [-0.15, -0.1) is 0 Å². The van der Waals surface area contributed by atoms with Crippen molar-refractivity contribution in [1.29, 1.82) is 0 Å². The van der Waals surface area contributed by atoms with E-state index in [4.69, 9.17) is 11.6 Å². The third kappa shape index (κ3) is 5.55. The van der Waals surface area contributed by atoms with Crippen molar-refractivity contribution >= 4 is 34.8 Å². The van der Waals surface area contributed by atoms with E-state index in [-0.39, 0.29) is 17.7 Å². The summed E-state index contributed by atoms with van der Waals surface area (Å²) in [5.74, 6) is -0.0440. The van der Waals surface area contributed by atoms with Crippen LogP contribution in [0.15, 0.2) is 48.5 Å². The number of nitrogens with one attached hydrogen (secondary N) is 2. The number of rotatable bonds is 5. The fourth-order valence-electron chi connectivity index (χ4n) is 3.31. The first-order valence-corrected chi connectivity index (χ1v) is 9.53. The second-order valence-electron chi connectivity index (χ2n) is 6.89. The number of hydrogen-bond donors (Lipinski definition) is 2. The molecule has 0 atom stereocenters. The zero-order chi connectivity index (χ0) is 19.2. The van der Waals surface area contributed by atoms with Gasteiger partial charge >= 0.3 is 0 Å². The first kappa shape index (κ1) is 19.4. The van der Waals surface area contributed by atoms with E-state index in [9.17, 15) is 9.59 Å². The summed E-state index contributed by atoms with van der Waals surface area (Å²) in [4.78, 5) is 25.9. The lowest BCUT2D eigenvalue weighted by Gasteiger charge is -2.31. The molecule has 1 saturated heterocycles. The van der Waals surface area contributed by atoms with Crippen LogP contribution in [0.3, 0.4) is 0 Å². The number of hydrogen-bond acceptors (Lipinski definition) is 3. The van der Waals surface area contributed by atoms with Gasteiger partial charge in [-0.05, 0) is 61.8 Å². The van der Waals surface area contributed by atoms with Crippen LogP contribution in [0.2, 0.25) is 5.02 Å². The van der Waals surface area contributed by atoms with Gasteiger partial charge in [0.1, 0.15) is 0 Å². The minimum Gasteiger partial charge on any atom is -0.326 e. The van der Waals surface area contributed by atoms with Crippen LogP contribution in [0, 0.1) is 5.92 Å². The van der Waals surface area contributed by atoms with Gasteiger partial charge < -0.3 is 10.6 Å². The van der Waals surface area contributed by atoms with Crippen LogP contribution in [-0.4, -0.2) is 29.8 Å². The molecule has 27 heavy (non-hydrogen) atoms. The maximum absolute atomic E-state index is 12.5. The fraction of sp³-hybridized carbons (Fsp3) is 0.333. The molecular weight excluding hydrogens is 362 g/mol. The summed E-state index contributed by atoms with van der Waals surface area (Å²) in [6, 6.07) is 15.1. The molecule has 2 aromatic rings. The molecule has 2 N–H and O–H groups in total. The van der Waals surface area contributed by atoms with Crippen molar-refractivity contribution in [3.8, 4) is 0 Å². The van der Waals surface area contributed by atoms with Crippen LogP contribution in [-0.2, 0) is 16.1 Å². The summed E-state index contributed by atoms with van der Waals surface area (Å²) >= 11 is 6.24. The van der Waals surface area contributed by atoms with Crippen molar-refractivity contribution in [2.24, 2.45) is 5.92 Å². The molecule has 1 heterocycles. The van der Waals surface area contributed by atoms with E-state index in [0.29, 0.717) is 5.69 Å². The van der Waals surface area contributed by atoms with Crippen molar-refractivity contribution in [3.05, 3.63) is 59.1 Å². The highest BCUT2D eigenvalue weighted by molar-refractivity contribution is 6.31. The van der Waals surface area contributed by atoms with E-state index in [1.165, 1.54) is 6.92 Å². The van der Waals surface area contributed by atoms with Gasteiger partial charge in [-0.3, -0.25) is 14.5 Å². The van der Waals surface area contributed by atoms with Crippen LogP contribution < -0.4 is 10.6 Å². The summed E-state index contributed by atoms with van der Waals surface area (Å²) in [7, 11) is 0. The lowest BCUT2D eigenvalue weighted by Crippen LogP contribution is -2.37. The van der Waals surface area contributed by atoms with Crippen LogP contribution in [0.1, 0.15) is 25.3 Å². The van der Waals surface area contributed by atoms with Crippen molar-refractivity contribution in [3.63, 3.8) is 0 Å². The Morgan fingerprint density at radius 3 is 2.19 bits per heavy atom. The number of amides is 2. The smallest absolute Gasteiger partial charge is 0.227 e.